The van der Waals surface area contributed by atoms with Crippen LogP contribution in [0.4, 0.5) is 0 Å². The molecule has 3 nitrogen and oxygen atoms in total. The maximum Gasteiger partial charge on any atom is 0.251 e. The van der Waals surface area contributed by atoms with E-state index in [0.29, 0.717) is 0 Å². The lowest BCUT2D eigenvalue weighted by molar-refractivity contribution is 0.0952. The van der Waals surface area contributed by atoms with Crippen molar-refractivity contribution in [2.24, 2.45) is 0 Å². The Bertz CT molecular complexity index is 436. The third-order valence-electron chi connectivity index (χ3n) is 3.87. The van der Waals surface area contributed by atoms with Crippen molar-refractivity contribution in [1.82, 2.24) is 10.2 Å². The molecule has 1 aliphatic rings. The van der Waals surface area contributed by atoms with Crippen LogP contribution in [0, 0.1) is 13.8 Å². The van der Waals surface area contributed by atoms with Crippen molar-refractivity contribution in [2.45, 2.75) is 39.5 Å². The van der Waals surface area contributed by atoms with Gasteiger partial charge >= 0.3 is 0 Å². The number of rotatable bonds is 6. The van der Waals surface area contributed by atoms with Gasteiger partial charge in [-0.15, -0.1) is 12.4 Å². The highest BCUT2D eigenvalue weighted by molar-refractivity contribution is 5.94. The number of nitrogens with one attached hydrogen (secondary N) is 1. The summed E-state index contributed by atoms with van der Waals surface area (Å²) >= 11 is 0. The van der Waals surface area contributed by atoms with Crippen molar-refractivity contribution in [2.75, 3.05) is 26.2 Å². The normalized spacial score (nSPS) is 14.8. The van der Waals surface area contributed by atoms with E-state index < -0.39 is 0 Å². The maximum atomic E-state index is 12.0. The fourth-order valence-electron chi connectivity index (χ4n) is 2.88. The molecule has 1 heterocycles. The van der Waals surface area contributed by atoms with Gasteiger partial charge in [0.1, 0.15) is 0 Å². The average Bonchev–Trinajstić information content (AvgIpc) is 2.90. The zero-order valence-electron chi connectivity index (χ0n) is 13.2. The zero-order chi connectivity index (χ0) is 14.4. The third kappa shape index (κ3) is 6.06. The summed E-state index contributed by atoms with van der Waals surface area (Å²) in [7, 11) is 0. The predicted octanol–water partition coefficient (Wildman–Crippen LogP) is 3.33. The highest BCUT2D eigenvalue weighted by Crippen LogP contribution is 2.09. The fourth-order valence-corrected chi connectivity index (χ4v) is 2.88. The first-order chi connectivity index (χ1) is 9.65. The molecule has 0 bridgehead atoms. The van der Waals surface area contributed by atoms with E-state index in [9.17, 15) is 4.79 Å². The maximum absolute atomic E-state index is 12.0. The van der Waals surface area contributed by atoms with Crippen molar-refractivity contribution >= 4 is 18.3 Å². The number of likely N-dealkylation sites (tertiary alicyclic amines) is 1. The second-order valence-corrected chi connectivity index (χ2v) is 5.89. The number of benzene rings is 1. The summed E-state index contributed by atoms with van der Waals surface area (Å²) in [6.45, 7) is 8.53. The minimum Gasteiger partial charge on any atom is -0.352 e. The SMILES string of the molecule is Cc1cc(C)cc(C(=O)NCCCCN2CCCC2)c1.Cl. The summed E-state index contributed by atoms with van der Waals surface area (Å²) in [5.41, 5.74) is 3.07. The molecule has 1 aliphatic heterocycles. The molecular formula is C17H27ClN2O. The molecule has 4 heteroatoms. The first-order valence-electron chi connectivity index (χ1n) is 7.74. The van der Waals surface area contributed by atoms with Crippen molar-refractivity contribution in [3.05, 3.63) is 34.9 Å². The Morgan fingerprint density at radius 1 is 1.10 bits per heavy atom. The van der Waals surface area contributed by atoms with Crippen LogP contribution < -0.4 is 5.32 Å². The summed E-state index contributed by atoms with van der Waals surface area (Å²) in [5, 5.41) is 3.02. The van der Waals surface area contributed by atoms with Crippen LogP contribution in [0.5, 0.6) is 0 Å². The van der Waals surface area contributed by atoms with Gasteiger partial charge in [-0.3, -0.25) is 4.79 Å². The van der Waals surface area contributed by atoms with Gasteiger partial charge in [0.2, 0.25) is 0 Å². The lowest BCUT2D eigenvalue weighted by atomic mass is 10.1. The molecule has 1 aromatic rings. The fraction of sp³-hybridized carbons (Fsp3) is 0.588. The lowest BCUT2D eigenvalue weighted by Crippen LogP contribution is -2.26. The summed E-state index contributed by atoms with van der Waals surface area (Å²) in [6, 6.07) is 5.99. The van der Waals surface area contributed by atoms with Crippen LogP contribution in [0.25, 0.3) is 0 Å². The van der Waals surface area contributed by atoms with Crippen molar-refractivity contribution < 1.29 is 4.79 Å². The van der Waals surface area contributed by atoms with Gasteiger partial charge in [0.25, 0.3) is 5.91 Å². The van der Waals surface area contributed by atoms with Crippen molar-refractivity contribution in [1.29, 1.82) is 0 Å². The summed E-state index contributed by atoms with van der Waals surface area (Å²) in [4.78, 5) is 14.6. The summed E-state index contributed by atoms with van der Waals surface area (Å²) < 4.78 is 0. The molecule has 0 unspecified atom stereocenters. The van der Waals surface area contributed by atoms with Crippen molar-refractivity contribution in [3.63, 3.8) is 0 Å². The summed E-state index contributed by atoms with van der Waals surface area (Å²) in [6.07, 6.45) is 4.94. The molecule has 0 atom stereocenters. The van der Waals surface area contributed by atoms with E-state index in [2.05, 4.69) is 16.3 Å². The number of amides is 1. The number of carbonyl (C=O) groups is 1. The van der Waals surface area contributed by atoms with Crippen LogP contribution in [0.15, 0.2) is 18.2 Å². The molecule has 2 rings (SSSR count). The lowest BCUT2D eigenvalue weighted by Gasteiger charge is -2.14. The first-order valence-corrected chi connectivity index (χ1v) is 7.74. The highest BCUT2D eigenvalue weighted by atomic mass is 35.5. The van der Waals surface area contributed by atoms with Crippen LogP contribution >= 0.6 is 12.4 Å². The standard InChI is InChI=1S/C17H26N2O.ClH/c1-14-11-15(2)13-16(12-14)17(20)18-7-3-4-8-19-9-5-6-10-19;/h11-13H,3-10H2,1-2H3,(H,18,20);1H. The Morgan fingerprint density at radius 2 is 1.71 bits per heavy atom. The molecule has 1 fully saturated rings. The van der Waals surface area contributed by atoms with Crippen LogP contribution in [0.3, 0.4) is 0 Å². The van der Waals surface area contributed by atoms with Gasteiger partial charge in [0, 0.05) is 12.1 Å². The van der Waals surface area contributed by atoms with E-state index in [-0.39, 0.29) is 18.3 Å². The molecule has 0 spiro atoms. The molecule has 0 saturated carbocycles. The van der Waals surface area contributed by atoms with E-state index in [1.165, 1.54) is 38.9 Å². The predicted molar refractivity (Wildman–Crippen MR) is 90.4 cm³/mol. The molecule has 118 valence electrons. The number of halogens is 1. The smallest absolute Gasteiger partial charge is 0.251 e. The number of unbranched alkanes of at least 4 members (excludes halogenated alkanes) is 1. The zero-order valence-corrected chi connectivity index (χ0v) is 14.0. The average molecular weight is 311 g/mol. The number of hydrogen-bond acceptors (Lipinski definition) is 2. The van der Waals surface area contributed by atoms with Crippen LogP contribution in [0.2, 0.25) is 0 Å². The molecule has 1 aromatic carbocycles. The van der Waals surface area contributed by atoms with Gasteiger partial charge in [-0.1, -0.05) is 17.2 Å². The van der Waals surface area contributed by atoms with E-state index in [1.54, 1.807) is 0 Å². The second-order valence-electron chi connectivity index (χ2n) is 5.89. The van der Waals surface area contributed by atoms with Gasteiger partial charge in [-0.25, -0.2) is 0 Å². The number of aryl methyl sites for hydroxylation is 2. The molecule has 1 saturated heterocycles. The number of hydrogen-bond donors (Lipinski definition) is 1. The van der Waals surface area contributed by atoms with Crippen LogP contribution in [-0.4, -0.2) is 37.0 Å². The van der Waals surface area contributed by atoms with E-state index in [0.717, 1.165) is 29.7 Å². The monoisotopic (exact) mass is 310 g/mol. The van der Waals surface area contributed by atoms with E-state index >= 15 is 0 Å². The van der Waals surface area contributed by atoms with Gasteiger partial charge in [0.15, 0.2) is 0 Å². The Hall–Kier alpha value is -1.06. The third-order valence-corrected chi connectivity index (χ3v) is 3.87. The van der Waals surface area contributed by atoms with E-state index in [4.69, 9.17) is 0 Å². The topological polar surface area (TPSA) is 32.3 Å². The van der Waals surface area contributed by atoms with Gasteiger partial charge in [-0.05, 0) is 71.3 Å². The molecule has 1 amide bonds. The Balaban J connectivity index is 0.00000220. The largest absolute Gasteiger partial charge is 0.352 e. The first kappa shape index (κ1) is 18.0. The highest BCUT2D eigenvalue weighted by Gasteiger charge is 2.10. The minimum absolute atomic E-state index is 0. The van der Waals surface area contributed by atoms with Crippen LogP contribution in [-0.2, 0) is 0 Å². The Labute approximate surface area is 134 Å². The van der Waals surface area contributed by atoms with Gasteiger partial charge < -0.3 is 10.2 Å². The minimum atomic E-state index is 0. The Kier molecular flexibility index (Phi) is 7.76. The quantitative estimate of drug-likeness (QED) is 0.817. The van der Waals surface area contributed by atoms with Gasteiger partial charge in [-0.2, -0.15) is 0 Å². The molecule has 0 radical (unpaired) electrons. The molecule has 21 heavy (non-hydrogen) atoms. The number of nitrogens with zero attached hydrogens (tertiary/aromatic N) is 1. The van der Waals surface area contributed by atoms with Crippen LogP contribution in [0.1, 0.15) is 47.2 Å². The Morgan fingerprint density at radius 3 is 2.33 bits per heavy atom. The molecule has 0 aromatic heterocycles. The molecular weight excluding hydrogens is 284 g/mol. The molecule has 1 N–H and O–H groups in total. The second kappa shape index (κ2) is 9.06. The molecule has 0 aliphatic carbocycles. The summed E-state index contributed by atoms with van der Waals surface area (Å²) in [5.74, 6) is 0.0537. The van der Waals surface area contributed by atoms with Gasteiger partial charge in [0.05, 0.1) is 0 Å². The van der Waals surface area contributed by atoms with E-state index in [1.807, 2.05) is 26.0 Å². The van der Waals surface area contributed by atoms with Crippen molar-refractivity contribution in [3.8, 4) is 0 Å². The number of carbonyl (C=O) groups excluding carboxylic acids is 1.